The van der Waals surface area contributed by atoms with Crippen molar-refractivity contribution in [2.24, 2.45) is 0 Å². The number of aryl methyl sites for hydroxylation is 3. The first-order valence-electron chi connectivity index (χ1n) is 9.99. The molecule has 0 bridgehead atoms. The number of hydrogen-bond donors (Lipinski definition) is 4. The van der Waals surface area contributed by atoms with Crippen molar-refractivity contribution in [1.82, 2.24) is 0 Å². The van der Waals surface area contributed by atoms with Gasteiger partial charge in [0.15, 0.2) is 0 Å². The molecular formula is C23H26O7. The fraction of sp³-hybridized carbons (Fsp3) is 0.391. The molecule has 0 aliphatic carbocycles. The lowest BCUT2D eigenvalue weighted by molar-refractivity contribution is -0.277. The molecule has 0 unspecified atom stereocenters. The van der Waals surface area contributed by atoms with E-state index in [1.54, 1.807) is 18.4 Å². The van der Waals surface area contributed by atoms with Crippen molar-refractivity contribution >= 4 is 11.0 Å². The zero-order valence-electron chi connectivity index (χ0n) is 16.6. The number of ether oxygens (including phenoxy) is 2. The summed E-state index contributed by atoms with van der Waals surface area (Å²) in [7, 11) is 0. The number of fused-ring (bicyclic) bond motifs is 1. The predicted octanol–water partition coefficient (Wildman–Crippen LogP) is 1.71. The van der Waals surface area contributed by atoms with Crippen LogP contribution in [0.4, 0.5) is 0 Å². The lowest BCUT2D eigenvalue weighted by atomic mass is 9.99. The number of aliphatic hydroxyl groups is 4. The van der Waals surface area contributed by atoms with Crippen LogP contribution in [-0.4, -0.2) is 57.7 Å². The highest BCUT2D eigenvalue weighted by Crippen LogP contribution is 2.34. The SMILES string of the molecule is Cc1ccc(CCc2coc3cccc(O[C@@H]4O[C@H](CO)[C@@H](O)[C@H](O)[C@H]4O)c23)cc1. The molecule has 2 heterocycles. The first-order chi connectivity index (χ1) is 14.5. The zero-order valence-corrected chi connectivity index (χ0v) is 16.6. The van der Waals surface area contributed by atoms with Gasteiger partial charge in [0.25, 0.3) is 0 Å². The van der Waals surface area contributed by atoms with Crippen LogP contribution in [0.5, 0.6) is 5.75 Å². The van der Waals surface area contributed by atoms with Crippen LogP contribution in [0, 0.1) is 6.92 Å². The number of hydrogen-bond acceptors (Lipinski definition) is 7. The molecule has 5 atom stereocenters. The Bertz CT molecular complexity index is 979. The van der Waals surface area contributed by atoms with Crippen LogP contribution in [0.3, 0.4) is 0 Å². The van der Waals surface area contributed by atoms with E-state index in [0.29, 0.717) is 11.3 Å². The average Bonchev–Trinajstić information content (AvgIpc) is 3.18. The summed E-state index contributed by atoms with van der Waals surface area (Å²) in [6, 6.07) is 13.7. The van der Waals surface area contributed by atoms with E-state index in [1.807, 2.05) is 6.07 Å². The van der Waals surface area contributed by atoms with E-state index in [4.69, 9.17) is 13.9 Å². The van der Waals surface area contributed by atoms with E-state index in [2.05, 4.69) is 31.2 Å². The molecule has 1 aliphatic heterocycles. The fourth-order valence-electron chi connectivity index (χ4n) is 3.72. The first-order valence-corrected chi connectivity index (χ1v) is 9.99. The Morgan fingerprint density at radius 3 is 2.43 bits per heavy atom. The smallest absolute Gasteiger partial charge is 0.229 e. The van der Waals surface area contributed by atoms with Gasteiger partial charge in [0, 0.05) is 5.56 Å². The van der Waals surface area contributed by atoms with Gasteiger partial charge in [0.2, 0.25) is 6.29 Å². The fourth-order valence-corrected chi connectivity index (χ4v) is 3.72. The van der Waals surface area contributed by atoms with E-state index in [0.717, 1.165) is 23.8 Å². The Morgan fingerprint density at radius 1 is 0.933 bits per heavy atom. The summed E-state index contributed by atoms with van der Waals surface area (Å²) < 4.78 is 17.0. The summed E-state index contributed by atoms with van der Waals surface area (Å²) in [5, 5.41) is 40.4. The predicted molar refractivity (Wildman–Crippen MR) is 109 cm³/mol. The number of aliphatic hydroxyl groups excluding tert-OH is 4. The molecule has 160 valence electrons. The molecule has 1 aliphatic rings. The molecule has 2 aromatic carbocycles. The molecule has 0 amide bonds. The molecule has 0 saturated carbocycles. The number of rotatable bonds is 6. The lowest BCUT2D eigenvalue weighted by Gasteiger charge is -2.39. The van der Waals surface area contributed by atoms with Crippen molar-refractivity contribution < 1.29 is 34.3 Å². The quantitative estimate of drug-likeness (QED) is 0.486. The zero-order chi connectivity index (χ0) is 21.3. The Labute approximate surface area is 174 Å². The molecular weight excluding hydrogens is 388 g/mol. The minimum Gasteiger partial charge on any atom is -0.464 e. The lowest BCUT2D eigenvalue weighted by Crippen LogP contribution is -2.60. The Hall–Kier alpha value is -2.42. The molecule has 30 heavy (non-hydrogen) atoms. The largest absolute Gasteiger partial charge is 0.464 e. The van der Waals surface area contributed by atoms with Crippen LogP contribution in [0.15, 0.2) is 53.1 Å². The van der Waals surface area contributed by atoms with Crippen molar-refractivity contribution in [1.29, 1.82) is 0 Å². The Morgan fingerprint density at radius 2 is 1.70 bits per heavy atom. The van der Waals surface area contributed by atoms with Crippen molar-refractivity contribution in [3.63, 3.8) is 0 Å². The van der Waals surface area contributed by atoms with Gasteiger partial charge in [-0.2, -0.15) is 0 Å². The van der Waals surface area contributed by atoms with Gasteiger partial charge in [-0.3, -0.25) is 0 Å². The Kier molecular flexibility index (Phi) is 6.08. The highest BCUT2D eigenvalue weighted by molar-refractivity contribution is 5.87. The molecule has 1 aromatic heterocycles. The molecule has 7 heteroatoms. The summed E-state index contributed by atoms with van der Waals surface area (Å²) >= 11 is 0. The highest BCUT2D eigenvalue weighted by Gasteiger charge is 2.44. The van der Waals surface area contributed by atoms with Gasteiger partial charge >= 0.3 is 0 Å². The van der Waals surface area contributed by atoms with E-state index in [1.165, 1.54) is 11.1 Å². The van der Waals surface area contributed by atoms with E-state index in [9.17, 15) is 20.4 Å². The minimum absolute atomic E-state index is 0.435. The van der Waals surface area contributed by atoms with Gasteiger partial charge < -0.3 is 34.3 Å². The van der Waals surface area contributed by atoms with Crippen LogP contribution in [-0.2, 0) is 17.6 Å². The van der Waals surface area contributed by atoms with Crippen molar-refractivity contribution in [3.05, 3.63) is 65.4 Å². The Balaban J connectivity index is 1.57. The molecule has 1 fully saturated rings. The molecule has 0 radical (unpaired) electrons. The summed E-state index contributed by atoms with van der Waals surface area (Å²) in [6.07, 6.45) is -3.43. The number of furan rings is 1. The monoisotopic (exact) mass is 414 g/mol. The maximum absolute atomic E-state index is 10.3. The van der Waals surface area contributed by atoms with Crippen LogP contribution in [0.1, 0.15) is 16.7 Å². The highest BCUT2D eigenvalue weighted by atomic mass is 16.7. The van der Waals surface area contributed by atoms with E-state index < -0.39 is 37.3 Å². The molecule has 1 saturated heterocycles. The molecule has 0 spiro atoms. The van der Waals surface area contributed by atoms with Gasteiger partial charge in [0.05, 0.1) is 18.3 Å². The molecule has 3 aromatic rings. The standard InChI is InChI=1S/C23H26O7/c1-13-5-7-14(8-6-13)9-10-15-12-28-16-3-2-4-17(19(15)16)29-23-22(27)21(26)20(25)18(11-24)30-23/h2-8,12,18,20-27H,9-11H2,1H3/t18-,20-,21+,22-,23-/m1/s1. The third kappa shape index (κ3) is 4.08. The van der Waals surface area contributed by atoms with Crippen LogP contribution < -0.4 is 4.74 Å². The first kappa shape index (κ1) is 20.8. The van der Waals surface area contributed by atoms with Crippen molar-refractivity contribution in [2.75, 3.05) is 6.61 Å². The van der Waals surface area contributed by atoms with Gasteiger partial charge in [0.1, 0.15) is 35.7 Å². The molecule has 4 N–H and O–H groups in total. The van der Waals surface area contributed by atoms with Crippen LogP contribution in [0.2, 0.25) is 0 Å². The van der Waals surface area contributed by atoms with Crippen LogP contribution >= 0.6 is 0 Å². The second-order valence-electron chi connectivity index (χ2n) is 7.69. The third-order valence-electron chi connectivity index (χ3n) is 5.53. The van der Waals surface area contributed by atoms with Gasteiger partial charge in [-0.05, 0) is 37.5 Å². The second kappa shape index (κ2) is 8.75. The third-order valence-corrected chi connectivity index (χ3v) is 5.53. The maximum Gasteiger partial charge on any atom is 0.229 e. The van der Waals surface area contributed by atoms with E-state index >= 15 is 0 Å². The average molecular weight is 414 g/mol. The van der Waals surface area contributed by atoms with Gasteiger partial charge in [-0.1, -0.05) is 35.9 Å². The summed E-state index contributed by atoms with van der Waals surface area (Å²) in [6.45, 7) is 1.54. The minimum atomic E-state index is -1.49. The number of benzene rings is 2. The summed E-state index contributed by atoms with van der Waals surface area (Å²) in [5.41, 5.74) is 4.01. The maximum atomic E-state index is 10.3. The van der Waals surface area contributed by atoms with Crippen molar-refractivity contribution in [3.8, 4) is 5.75 Å². The van der Waals surface area contributed by atoms with Gasteiger partial charge in [-0.25, -0.2) is 0 Å². The molecule has 4 rings (SSSR count). The van der Waals surface area contributed by atoms with Crippen molar-refractivity contribution in [2.45, 2.75) is 50.5 Å². The van der Waals surface area contributed by atoms with E-state index in [-0.39, 0.29) is 0 Å². The summed E-state index contributed by atoms with van der Waals surface area (Å²) in [4.78, 5) is 0. The van der Waals surface area contributed by atoms with Gasteiger partial charge in [-0.15, -0.1) is 0 Å². The second-order valence-corrected chi connectivity index (χ2v) is 7.69. The van der Waals surface area contributed by atoms with Crippen LogP contribution in [0.25, 0.3) is 11.0 Å². The summed E-state index contributed by atoms with van der Waals surface area (Å²) in [5.74, 6) is 0.435. The molecule has 7 nitrogen and oxygen atoms in total. The normalized spacial score (nSPS) is 26.8. The topological polar surface area (TPSA) is 113 Å².